The molecule has 1 fully saturated rings. The predicted octanol–water partition coefficient (Wildman–Crippen LogP) is 1.84. The summed E-state index contributed by atoms with van der Waals surface area (Å²) in [5.41, 5.74) is 0.494. The number of amides is 1. The Morgan fingerprint density at radius 1 is 1.22 bits per heavy atom. The minimum absolute atomic E-state index is 0.0371. The second-order valence-corrected chi connectivity index (χ2v) is 8.77. The number of methoxy groups -OCH3 is 1. The van der Waals surface area contributed by atoms with Crippen LogP contribution in [0.5, 0.6) is 5.75 Å². The van der Waals surface area contributed by atoms with Crippen molar-refractivity contribution in [2.45, 2.75) is 32.1 Å². The van der Waals surface area contributed by atoms with Crippen LogP contribution >= 0.6 is 0 Å². The van der Waals surface area contributed by atoms with E-state index in [1.165, 1.54) is 24.3 Å². The fourth-order valence-corrected chi connectivity index (χ4v) is 4.28. The first-order chi connectivity index (χ1) is 12.9. The molecule has 0 saturated carbocycles. The summed E-state index contributed by atoms with van der Waals surface area (Å²) in [5, 5.41) is 2.92. The van der Waals surface area contributed by atoms with Crippen molar-refractivity contribution in [3.05, 3.63) is 24.3 Å². The molecule has 8 heteroatoms. The number of hydrogen-bond acceptors (Lipinski definition) is 5. The van der Waals surface area contributed by atoms with Crippen molar-refractivity contribution < 1.29 is 17.9 Å². The van der Waals surface area contributed by atoms with Gasteiger partial charge in [0.25, 0.3) is 0 Å². The third-order valence-corrected chi connectivity index (χ3v) is 5.87. The van der Waals surface area contributed by atoms with Crippen LogP contribution in [0.25, 0.3) is 0 Å². The van der Waals surface area contributed by atoms with Crippen LogP contribution in [-0.2, 0) is 14.8 Å². The molecule has 0 bridgehead atoms. The lowest BCUT2D eigenvalue weighted by atomic mass is 10.2. The molecule has 7 nitrogen and oxygen atoms in total. The number of carbonyl (C=O) groups is 1. The molecule has 1 aromatic carbocycles. The van der Waals surface area contributed by atoms with E-state index in [-0.39, 0.29) is 12.5 Å². The Morgan fingerprint density at radius 2 is 1.93 bits per heavy atom. The van der Waals surface area contributed by atoms with Gasteiger partial charge in [-0.3, -0.25) is 9.10 Å². The number of para-hydroxylation sites is 2. The lowest BCUT2D eigenvalue weighted by molar-refractivity contribution is -0.121. The van der Waals surface area contributed by atoms with Crippen LogP contribution in [0, 0.1) is 0 Å². The zero-order chi connectivity index (χ0) is 19.7. The monoisotopic (exact) mass is 397 g/mol. The Kier molecular flexibility index (Phi) is 8.37. The fraction of sp³-hybridized carbons (Fsp3) is 0.632. The minimum Gasteiger partial charge on any atom is -0.495 e. The van der Waals surface area contributed by atoms with E-state index in [0.717, 1.165) is 32.3 Å². The molecule has 0 aliphatic carbocycles. The van der Waals surface area contributed by atoms with Gasteiger partial charge in [0.2, 0.25) is 15.9 Å². The lowest BCUT2D eigenvalue weighted by Gasteiger charge is -2.24. The highest BCUT2D eigenvalue weighted by Crippen LogP contribution is 2.29. The minimum atomic E-state index is -3.46. The maximum Gasteiger partial charge on any atom is 0.232 e. The van der Waals surface area contributed by atoms with Crippen molar-refractivity contribution in [3.8, 4) is 5.75 Å². The van der Waals surface area contributed by atoms with E-state index >= 15 is 0 Å². The van der Waals surface area contributed by atoms with Crippen molar-refractivity contribution >= 4 is 21.6 Å². The highest BCUT2D eigenvalue weighted by molar-refractivity contribution is 7.92. The van der Waals surface area contributed by atoms with Crippen LogP contribution in [0.2, 0.25) is 0 Å². The predicted molar refractivity (Wildman–Crippen MR) is 108 cm³/mol. The van der Waals surface area contributed by atoms with Crippen molar-refractivity contribution in [2.75, 3.05) is 50.4 Å². The van der Waals surface area contributed by atoms with Crippen molar-refractivity contribution in [1.29, 1.82) is 0 Å². The number of benzene rings is 1. The van der Waals surface area contributed by atoms with E-state index in [4.69, 9.17) is 4.74 Å². The maximum absolute atomic E-state index is 12.2. The Morgan fingerprint density at radius 3 is 2.59 bits per heavy atom. The second-order valence-electron chi connectivity index (χ2n) is 6.86. The quantitative estimate of drug-likeness (QED) is 0.577. The summed E-state index contributed by atoms with van der Waals surface area (Å²) in [5.74, 6) is 0.458. The summed E-state index contributed by atoms with van der Waals surface area (Å²) >= 11 is 0. The SMILES string of the molecule is COc1ccccc1N(CCCC(=O)NCCCN1CCCC1)S(C)(=O)=O. The molecule has 0 aromatic heterocycles. The Bertz CT molecular complexity index is 703. The molecule has 152 valence electrons. The third kappa shape index (κ3) is 7.03. The number of rotatable bonds is 11. The van der Waals surface area contributed by atoms with Crippen LogP contribution in [0.3, 0.4) is 0 Å². The molecule has 0 radical (unpaired) electrons. The molecule has 2 rings (SSSR count). The molecular weight excluding hydrogens is 366 g/mol. The first kappa shape index (κ1) is 21.5. The molecule has 0 atom stereocenters. The molecule has 1 saturated heterocycles. The van der Waals surface area contributed by atoms with Gasteiger partial charge in [-0.2, -0.15) is 0 Å². The number of likely N-dealkylation sites (tertiary alicyclic amines) is 1. The summed E-state index contributed by atoms with van der Waals surface area (Å²) in [7, 11) is -1.95. The smallest absolute Gasteiger partial charge is 0.232 e. The fourth-order valence-electron chi connectivity index (χ4n) is 3.31. The Hall–Kier alpha value is -1.80. The first-order valence-electron chi connectivity index (χ1n) is 9.51. The largest absolute Gasteiger partial charge is 0.495 e. The summed E-state index contributed by atoms with van der Waals surface area (Å²) in [6, 6.07) is 6.99. The molecule has 0 unspecified atom stereocenters. The van der Waals surface area contributed by atoms with Crippen LogP contribution < -0.4 is 14.4 Å². The van der Waals surface area contributed by atoms with Crippen LogP contribution in [0.4, 0.5) is 5.69 Å². The summed E-state index contributed by atoms with van der Waals surface area (Å²) in [4.78, 5) is 14.4. The van der Waals surface area contributed by atoms with Gasteiger partial charge in [0, 0.05) is 19.5 Å². The average Bonchev–Trinajstić information content (AvgIpc) is 3.15. The number of ether oxygens (including phenoxy) is 1. The Labute approximate surface area is 162 Å². The van der Waals surface area contributed by atoms with Gasteiger partial charge in [-0.1, -0.05) is 12.1 Å². The van der Waals surface area contributed by atoms with Crippen molar-refractivity contribution in [1.82, 2.24) is 10.2 Å². The van der Waals surface area contributed by atoms with Gasteiger partial charge in [-0.05, 0) is 57.5 Å². The van der Waals surface area contributed by atoms with E-state index in [1.807, 2.05) is 0 Å². The molecule has 1 amide bonds. The van der Waals surface area contributed by atoms with Gasteiger partial charge < -0.3 is 15.0 Å². The number of carbonyl (C=O) groups excluding carboxylic acids is 1. The molecule has 1 heterocycles. The molecule has 1 aliphatic heterocycles. The standard InChI is InChI=1S/C19H31N3O4S/c1-26-18-10-4-3-9-17(18)22(27(2,24)25)16-7-11-19(23)20-12-8-15-21-13-5-6-14-21/h3-4,9-10H,5-8,11-16H2,1-2H3,(H,20,23). The topological polar surface area (TPSA) is 79.0 Å². The molecular formula is C19H31N3O4S. The van der Waals surface area contributed by atoms with E-state index < -0.39 is 10.0 Å². The van der Waals surface area contributed by atoms with Crippen LogP contribution in [-0.4, -0.2) is 65.3 Å². The molecule has 1 aromatic rings. The van der Waals surface area contributed by atoms with E-state index in [0.29, 0.717) is 30.8 Å². The highest BCUT2D eigenvalue weighted by Gasteiger charge is 2.20. The molecule has 0 spiro atoms. The maximum atomic E-state index is 12.2. The van der Waals surface area contributed by atoms with Crippen LogP contribution in [0.1, 0.15) is 32.1 Å². The third-order valence-electron chi connectivity index (χ3n) is 4.69. The highest BCUT2D eigenvalue weighted by atomic mass is 32.2. The first-order valence-corrected chi connectivity index (χ1v) is 11.4. The van der Waals surface area contributed by atoms with Gasteiger partial charge in [-0.15, -0.1) is 0 Å². The number of nitrogens with zero attached hydrogens (tertiary/aromatic N) is 2. The molecule has 1 aliphatic rings. The zero-order valence-electron chi connectivity index (χ0n) is 16.3. The average molecular weight is 398 g/mol. The molecule has 27 heavy (non-hydrogen) atoms. The van der Waals surface area contributed by atoms with E-state index in [9.17, 15) is 13.2 Å². The molecule has 1 N–H and O–H groups in total. The van der Waals surface area contributed by atoms with Gasteiger partial charge >= 0.3 is 0 Å². The number of hydrogen-bond donors (Lipinski definition) is 1. The second kappa shape index (κ2) is 10.5. The van der Waals surface area contributed by atoms with E-state index in [2.05, 4.69) is 10.2 Å². The van der Waals surface area contributed by atoms with Gasteiger partial charge in [0.1, 0.15) is 5.75 Å². The van der Waals surface area contributed by atoms with Crippen molar-refractivity contribution in [2.24, 2.45) is 0 Å². The number of nitrogens with one attached hydrogen (secondary N) is 1. The summed E-state index contributed by atoms with van der Waals surface area (Å²) in [6.07, 6.45) is 5.40. The zero-order valence-corrected chi connectivity index (χ0v) is 17.1. The normalized spacial score (nSPS) is 14.9. The van der Waals surface area contributed by atoms with Crippen molar-refractivity contribution in [3.63, 3.8) is 0 Å². The Balaban J connectivity index is 1.77. The number of anilines is 1. The number of sulfonamides is 1. The van der Waals surface area contributed by atoms with E-state index in [1.54, 1.807) is 24.3 Å². The van der Waals surface area contributed by atoms with Gasteiger partial charge in [0.15, 0.2) is 0 Å². The van der Waals surface area contributed by atoms with Crippen LogP contribution in [0.15, 0.2) is 24.3 Å². The summed E-state index contributed by atoms with van der Waals surface area (Å²) < 4.78 is 30.9. The van der Waals surface area contributed by atoms with Gasteiger partial charge in [0.05, 0.1) is 19.1 Å². The van der Waals surface area contributed by atoms with Gasteiger partial charge in [-0.25, -0.2) is 8.42 Å². The lowest BCUT2D eigenvalue weighted by Crippen LogP contribution is -2.33. The summed E-state index contributed by atoms with van der Waals surface area (Å²) in [6.45, 7) is 4.25.